The van der Waals surface area contributed by atoms with Crippen LogP contribution in [0.4, 0.5) is 5.95 Å². The van der Waals surface area contributed by atoms with Crippen LogP contribution in [0.3, 0.4) is 0 Å². The molecule has 0 aliphatic heterocycles. The van der Waals surface area contributed by atoms with E-state index in [9.17, 15) is 4.79 Å². The summed E-state index contributed by atoms with van der Waals surface area (Å²) in [7, 11) is 1.91. The number of rotatable bonds is 3. The Hall–Kier alpha value is -1.91. The number of pyridine rings is 1. The van der Waals surface area contributed by atoms with Crippen molar-refractivity contribution in [1.82, 2.24) is 14.4 Å². The van der Waals surface area contributed by atoms with Gasteiger partial charge in [-0.1, -0.05) is 13.0 Å². The summed E-state index contributed by atoms with van der Waals surface area (Å²) in [6.07, 6.45) is 0.991. The maximum absolute atomic E-state index is 12.2. The Morgan fingerprint density at radius 1 is 1.21 bits per heavy atom. The summed E-state index contributed by atoms with van der Waals surface area (Å²) in [5.41, 5.74) is 3.41. The highest BCUT2D eigenvalue weighted by Gasteiger charge is 2.12. The summed E-state index contributed by atoms with van der Waals surface area (Å²) in [5.74, 6) is 0.498. The molecule has 5 nitrogen and oxygen atoms in total. The van der Waals surface area contributed by atoms with E-state index in [1.165, 1.54) is 0 Å². The van der Waals surface area contributed by atoms with E-state index in [2.05, 4.69) is 23.0 Å². The molecule has 0 saturated carbocycles. The first-order valence-electron chi connectivity index (χ1n) is 6.54. The molecule has 102 valence electrons. The molecule has 2 aromatic heterocycles. The molecular weight excluding hydrogens is 240 g/mol. The van der Waals surface area contributed by atoms with Crippen molar-refractivity contribution < 1.29 is 0 Å². The number of fused-ring (bicyclic) bond motifs is 1. The Labute approximate surface area is 112 Å². The lowest BCUT2D eigenvalue weighted by atomic mass is 10.1. The van der Waals surface area contributed by atoms with E-state index in [4.69, 9.17) is 0 Å². The molecule has 0 fully saturated rings. The van der Waals surface area contributed by atoms with Gasteiger partial charge in [-0.2, -0.15) is 9.97 Å². The van der Waals surface area contributed by atoms with E-state index in [0.717, 1.165) is 29.8 Å². The zero-order valence-corrected chi connectivity index (χ0v) is 12.2. The van der Waals surface area contributed by atoms with Gasteiger partial charge in [-0.05, 0) is 38.3 Å². The lowest BCUT2D eigenvalue weighted by Crippen LogP contribution is -2.28. The monoisotopic (exact) mass is 260 g/mol. The fraction of sp³-hybridized carbons (Fsp3) is 0.500. The van der Waals surface area contributed by atoms with E-state index in [0.29, 0.717) is 11.6 Å². The van der Waals surface area contributed by atoms with Crippen LogP contribution in [0.1, 0.15) is 30.2 Å². The molecular formula is C14H20N4O. The minimum absolute atomic E-state index is 0.257. The zero-order chi connectivity index (χ0) is 14.2. The van der Waals surface area contributed by atoms with Crippen LogP contribution in [0, 0.1) is 20.8 Å². The summed E-state index contributed by atoms with van der Waals surface area (Å²) < 4.78 is 1.59. The Morgan fingerprint density at radius 3 is 2.53 bits per heavy atom. The lowest BCUT2D eigenvalue weighted by Gasteiger charge is -2.17. The molecule has 0 aromatic carbocycles. The van der Waals surface area contributed by atoms with Crippen LogP contribution in [-0.2, 0) is 0 Å². The molecule has 2 heterocycles. The van der Waals surface area contributed by atoms with Crippen molar-refractivity contribution in [3.05, 3.63) is 33.4 Å². The van der Waals surface area contributed by atoms with Gasteiger partial charge in [0.2, 0.25) is 5.95 Å². The van der Waals surface area contributed by atoms with Crippen molar-refractivity contribution in [2.75, 3.05) is 18.5 Å². The van der Waals surface area contributed by atoms with E-state index < -0.39 is 0 Å². The maximum atomic E-state index is 12.2. The lowest BCUT2D eigenvalue weighted by molar-refractivity contribution is 0.794. The Morgan fingerprint density at radius 2 is 1.89 bits per heavy atom. The SMILES string of the molecule is CCCN(C)c1nc(=O)n2c(C)c(C)cc(C)c2n1. The van der Waals surface area contributed by atoms with Gasteiger partial charge in [-0.25, -0.2) is 9.20 Å². The first-order chi connectivity index (χ1) is 8.95. The molecule has 0 amide bonds. The van der Waals surface area contributed by atoms with Crippen molar-refractivity contribution >= 4 is 11.6 Å². The maximum Gasteiger partial charge on any atom is 0.356 e. The molecule has 2 aromatic rings. The molecule has 19 heavy (non-hydrogen) atoms. The summed E-state index contributed by atoms with van der Waals surface area (Å²) in [6.45, 7) is 8.80. The summed E-state index contributed by atoms with van der Waals surface area (Å²) >= 11 is 0. The third-order valence-electron chi connectivity index (χ3n) is 3.40. The largest absolute Gasteiger partial charge is 0.356 e. The molecule has 0 spiro atoms. The van der Waals surface area contributed by atoms with E-state index in [1.807, 2.05) is 32.7 Å². The first kappa shape index (κ1) is 13.5. The van der Waals surface area contributed by atoms with Gasteiger partial charge in [-0.15, -0.1) is 0 Å². The number of nitrogens with zero attached hydrogens (tertiary/aromatic N) is 4. The predicted molar refractivity (Wildman–Crippen MR) is 77.0 cm³/mol. The highest BCUT2D eigenvalue weighted by atomic mass is 16.1. The Bertz CT molecular complexity index is 675. The number of aryl methyl sites for hydroxylation is 3. The van der Waals surface area contributed by atoms with Crippen molar-refractivity contribution in [2.24, 2.45) is 0 Å². The quantitative estimate of drug-likeness (QED) is 0.845. The molecule has 0 bridgehead atoms. The zero-order valence-electron chi connectivity index (χ0n) is 12.2. The molecule has 2 rings (SSSR count). The number of anilines is 1. The fourth-order valence-electron chi connectivity index (χ4n) is 2.24. The van der Waals surface area contributed by atoms with Crippen molar-refractivity contribution in [2.45, 2.75) is 34.1 Å². The van der Waals surface area contributed by atoms with E-state index in [1.54, 1.807) is 4.40 Å². The second kappa shape index (κ2) is 4.99. The van der Waals surface area contributed by atoms with Gasteiger partial charge < -0.3 is 4.90 Å². The van der Waals surface area contributed by atoms with E-state index >= 15 is 0 Å². The van der Waals surface area contributed by atoms with Gasteiger partial charge in [0.05, 0.1) is 0 Å². The molecule has 0 unspecified atom stereocenters. The number of hydrogen-bond acceptors (Lipinski definition) is 4. The molecule has 0 radical (unpaired) electrons. The smallest absolute Gasteiger partial charge is 0.344 e. The Balaban J connectivity index is 2.74. The van der Waals surface area contributed by atoms with Crippen LogP contribution in [0.5, 0.6) is 0 Å². The summed E-state index contributed by atoms with van der Waals surface area (Å²) in [5, 5.41) is 0. The predicted octanol–water partition coefficient (Wildman–Crippen LogP) is 1.86. The highest BCUT2D eigenvalue weighted by Crippen LogP contribution is 2.15. The van der Waals surface area contributed by atoms with Gasteiger partial charge in [0.15, 0.2) is 0 Å². The average molecular weight is 260 g/mol. The van der Waals surface area contributed by atoms with E-state index in [-0.39, 0.29) is 5.69 Å². The minimum Gasteiger partial charge on any atom is -0.344 e. The van der Waals surface area contributed by atoms with Gasteiger partial charge in [-0.3, -0.25) is 0 Å². The Kier molecular flexibility index (Phi) is 3.55. The first-order valence-corrected chi connectivity index (χ1v) is 6.54. The van der Waals surface area contributed by atoms with Crippen LogP contribution in [0.15, 0.2) is 10.9 Å². The second-order valence-corrected chi connectivity index (χ2v) is 4.98. The third kappa shape index (κ3) is 2.32. The molecule has 0 saturated heterocycles. The van der Waals surface area contributed by atoms with Gasteiger partial charge in [0.25, 0.3) is 0 Å². The van der Waals surface area contributed by atoms with Crippen molar-refractivity contribution in [3.63, 3.8) is 0 Å². The number of aromatic nitrogens is 3. The summed E-state index contributed by atoms with van der Waals surface area (Å²) in [4.78, 5) is 22.8. The molecule has 0 atom stereocenters. The van der Waals surface area contributed by atoms with Gasteiger partial charge >= 0.3 is 5.69 Å². The fourth-order valence-corrected chi connectivity index (χ4v) is 2.24. The highest BCUT2D eigenvalue weighted by molar-refractivity contribution is 5.52. The van der Waals surface area contributed by atoms with Crippen LogP contribution < -0.4 is 10.6 Å². The van der Waals surface area contributed by atoms with Gasteiger partial charge in [0, 0.05) is 19.3 Å². The number of hydrogen-bond donors (Lipinski definition) is 0. The van der Waals surface area contributed by atoms with Crippen LogP contribution in [0.2, 0.25) is 0 Å². The molecule has 0 aliphatic carbocycles. The van der Waals surface area contributed by atoms with Crippen molar-refractivity contribution in [3.8, 4) is 0 Å². The van der Waals surface area contributed by atoms with Crippen LogP contribution in [-0.4, -0.2) is 28.0 Å². The topological polar surface area (TPSA) is 50.5 Å². The van der Waals surface area contributed by atoms with Crippen LogP contribution in [0.25, 0.3) is 5.65 Å². The average Bonchev–Trinajstić information content (AvgIpc) is 2.35. The molecule has 0 aliphatic rings. The standard InChI is InChI=1S/C14H20N4O/c1-6-7-17(5)13-15-12-10(3)8-9(2)11(4)18(12)14(19)16-13/h8H,6-7H2,1-5H3. The van der Waals surface area contributed by atoms with Crippen molar-refractivity contribution in [1.29, 1.82) is 0 Å². The second-order valence-electron chi connectivity index (χ2n) is 4.98. The van der Waals surface area contributed by atoms with Crippen LogP contribution >= 0.6 is 0 Å². The molecule has 0 N–H and O–H groups in total. The molecule has 5 heteroatoms. The normalized spacial score (nSPS) is 11.0. The summed E-state index contributed by atoms with van der Waals surface area (Å²) in [6, 6.07) is 2.06. The third-order valence-corrected chi connectivity index (χ3v) is 3.40. The minimum atomic E-state index is -0.257. The van der Waals surface area contributed by atoms with Gasteiger partial charge in [0.1, 0.15) is 5.65 Å².